The molecule has 0 aliphatic carbocycles. The van der Waals surface area contributed by atoms with Crippen LogP contribution in [0, 0.1) is 0 Å². The number of rotatable bonds is 4. The van der Waals surface area contributed by atoms with Crippen LogP contribution in [-0.4, -0.2) is 19.5 Å². The van der Waals surface area contributed by atoms with Crippen LogP contribution in [0.5, 0.6) is 0 Å². The van der Waals surface area contributed by atoms with Gasteiger partial charge in [0.25, 0.3) is 0 Å². The Morgan fingerprint density at radius 3 is 2.64 bits per heavy atom. The van der Waals surface area contributed by atoms with Gasteiger partial charge in [-0.3, -0.25) is 0 Å². The maximum Gasteiger partial charge on any atom is 0.0640 e. The molecule has 0 amide bonds. The van der Waals surface area contributed by atoms with Gasteiger partial charge in [0.1, 0.15) is 0 Å². The highest BCUT2D eigenvalue weighted by molar-refractivity contribution is 6.35. The summed E-state index contributed by atoms with van der Waals surface area (Å²) in [6.07, 6.45) is 0.931. The summed E-state index contributed by atoms with van der Waals surface area (Å²) in [7, 11) is 1.98. The number of hydrogen-bond acceptors (Lipinski definition) is 1. The third-order valence-electron chi connectivity index (χ3n) is 1.95. The van der Waals surface area contributed by atoms with Gasteiger partial charge in [-0.15, -0.1) is 11.6 Å². The average Bonchev–Trinajstić information content (AvgIpc) is 2.18. The fraction of sp³-hybridized carbons (Fsp3) is 0.400. The number of nitrogens with zero attached hydrogens (tertiary/aromatic N) is 1. The smallest absolute Gasteiger partial charge is 0.0640 e. The predicted molar refractivity (Wildman–Crippen MR) is 65.1 cm³/mol. The molecule has 0 fully saturated rings. The van der Waals surface area contributed by atoms with Crippen molar-refractivity contribution in [1.29, 1.82) is 0 Å². The van der Waals surface area contributed by atoms with Gasteiger partial charge >= 0.3 is 0 Å². The average molecular weight is 253 g/mol. The van der Waals surface area contributed by atoms with E-state index < -0.39 is 0 Å². The Balaban J connectivity index is 2.77. The van der Waals surface area contributed by atoms with Crippen LogP contribution in [0.2, 0.25) is 10.0 Å². The van der Waals surface area contributed by atoms with Crippen molar-refractivity contribution in [2.24, 2.45) is 0 Å². The number of halogens is 3. The molecule has 0 saturated carbocycles. The molecule has 0 unspecified atom stereocenters. The fourth-order valence-electron chi connectivity index (χ4n) is 1.20. The Kier molecular flexibility index (Phi) is 4.86. The van der Waals surface area contributed by atoms with E-state index in [9.17, 15) is 0 Å². The van der Waals surface area contributed by atoms with Crippen molar-refractivity contribution in [3.05, 3.63) is 28.2 Å². The van der Waals surface area contributed by atoms with Crippen molar-refractivity contribution in [2.75, 3.05) is 24.4 Å². The maximum atomic E-state index is 6.04. The van der Waals surface area contributed by atoms with Crippen LogP contribution in [0.3, 0.4) is 0 Å². The zero-order chi connectivity index (χ0) is 10.6. The summed E-state index contributed by atoms with van der Waals surface area (Å²) in [5, 5.41) is 1.41. The van der Waals surface area contributed by atoms with Crippen molar-refractivity contribution in [3.63, 3.8) is 0 Å². The molecule has 0 saturated heterocycles. The maximum absolute atomic E-state index is 6.04. The molecule has 0 spiro atoms. The van der Waals surface area contributed by atoms with Gasteiger partial charge in [0.05, 0.1) is 10.7 Å². The lowest BCUT2D eigenvalue weighted by Gasteiger charge is -2.20. The second-order valence-corrected chi connectivity index (χ2v) is 4.28. The van der Waals surface area contributed by atoms with Gasteiger partial charge in [0, 0.05) is 24.5 Å². The van der Waals surface area contributed by atoms with Crippen molar-refractivity contribution >= 4 is 40.5 Å². The Bertz CT molecular complexity index is 301. The van der Waals surface area contributed by atoms with E-state index in [0.29, 0.717) is 15.9 Å². The summed E-state index contributed by atoms with van der Waals surface area (Å²) >= 11 is 17.5. The van der Waals surface area contributed by atoms with Crippen LogP contribution in [0.1, 0.15) is 6.42 Å². The largest absolute Gasteiger partial charge is 0.373 e. The van der Waals surface area contributed by atoms with Crippen molar-refractivity contribution in [1.82, 2.24) is 0 Å². The van der Waals surface area contributed by atoms with Gasteiger partial charge < -0.3 is 4.90 Å². The lowest BCUT2D eigenvalue weighted by atomic mass is 10.3. The van der Waals surface area contributed by atoms with Crippen LogP contribution >= 0.6 is 34.8 Å². The topological polar surface area (TPSA) is 3.24 Å². The molecule has 0 aromatic heterocycles. The molecule has 1 nitrogen and oxygen atoms in total. The third kappa shape index (κ3) is 3.23. The monoisotopic (exact) mass is 251 g/mol. The first-order chi connectivity index (χ1) is 6.65. The minimum atomic E-state index is 0.655. The van der Waals surface area contributed by atoms with Crippen LogP contribution in [0.25, 0.3) is 0 Å². The van der Waals surface area contributed by atoms with E-state index in [1.807, 2.05) is 13.1 Å². The highest BCUT2D eigenvalue weighted by atomic mass is 35.5. The molecule has 0 aliphatic heterocycles. The molecular formula is C10H12Cl3N. The molecule has 1 rings (SSSR count). The summed E-state index contributed by atoms with van der Waals surface area (Å²) in [6.45, 7) is 0.879. The summed E-state index contributed by atoms with van der Waals surface area (Å²) in [4.78, 5) is 2.05. The lowest BCUT2D eigenvalue weighted by Crippen LogP contribution is -2.19. The Morgan fingerprint density at radius 1 is 1.29 bits per heavy atom. The first kappa shape index (κ1) is 12.0. The van der Waals surface area contributed by atoms with E-state index in [-0.39, 0.29) is 0 Å². The van der Waals surface area contributed by atoms with Crippen LogP contribution in [0.4, 0.5) is 5.69 Å². The van der Waals surface area contributed by atoms with Gasteiger partial charge in [-0.1, -0.05) is 23.2 Å². The third-order valence-corrected chi connectivity index (χ3v) is 2.77. The van der Waals surface area contributed by atoms with Gasteiger partial charge in [0.15, 0.2) is 0 Å². The van der Waals surface area contributed by atoms with Crippen molar-refractivity contribution in [2.45, 2.75) is 6.42 Å². The lowest BCUT2D eigenvalue weighted by molar-refractivity contribution is 0.857. The summed E-state index contributed by atoms with van der Waals surface area (Å²) < 4.78 is 0. The Labute approximate surface area is 99.6 Å². The van der Waals surface area contributed by atoms with Gasteiger partial charge in [0.2, 0.25) is 0 Å². The van der Waals surface area contributed by atoms with Crippen molar-refractivity contribution < 1.29 is 0 Å². The predicted octanol–water partition coefficient (Wildman–Crippen LogP) is 4.06. The van der Waals surface area contributed by atoms with Gasteiger partial charge in [-0.05, 0) is 24.6 Å². The second kappa shape index (κ2) is 5.69. The number of benzene rings is 1. The molecule has 1 aromatic carbocycles. The highest BCUT2D eigenvalue weighted by Crippen LogP contribution is 2.28. The number of hydrogen-bond donors (Lipinski definition) is 0. The van der Waals surface area contributed by atoms with Gasteiger partial charge in [-0.2, -0.15) is 0 Å². The van der Waals surface area contributed by atoms with Crippen LogP contribution in [-0.2, 0) is 0 Å². The first-order valence-corrected chi connectivity index (χ1v) is 5.66. The van der Waals surface area contributed by atoms with Gasteiger partial charge in [-0.25, -0.2) is 0 Å². The molecule has 14 heavy (non-hydrogen) atoms. The summed E-state index contributed by atoms with van der Waals surface area (Å²) in [5.74, 6) is 0.655. The fourth-order valence-corrected chi connectivity index (χ4v) is 1.74. The Morgan fingerprint density at radius 2 is 2.00 bits per heavy atom. The van der Waals surface area contributed by atoms with Crippen molar-refractivity contribution in [3.8, 4) is 0 Å². The van der Waals surface area contributed by atoms with E-state index in [1.165, 1.54) is 0 Å². The summed E-state index contributed by atoms with van der Waals surface area (Å²) in [6, 6.07) is 5.44. The zero-order valence-electron chi connectivity index (χ0n) is 7.93. The molecule has 0 N–H and O–H groups in total. The minimum absolute atomic E-state index is 0.655. The SMILES string of the molecule is CN(CCCCl)c1cc(Cl)ccc1Cl. The molecule has 4 heteroatoms. The molecule has 0 aliphatic rings. The normalized spacial score (nSPS) is 10.3. The summed E-state index contributed by atoms with van der Waals surface area (Å²) in [5.41, 5.74) is 0.948. The molecule has 0 atom stereocenters. The van der Waals surface area contributed by atoms with Crippen LogP contribution in [0.15, 0.2) is 18.2 Å². The van der Waals surface area contributed by atoms with Crippen LogP contribution < -0.4 is 4.90 Å². The number of anilines is 1. The highest BCUT2D eigenvalue weighted by Gasteiger charge is 2.05. The molecule has 1 aromatic rings. The second-order valence-electron chi connectivity index (χ2n) is 3.06. The minimum Gasteiger partial charge on any atom is -0.373 e. The molecule has 0 radical (unpaired) electrons. The Hall–Kier alpha value is -0.110. The molecule has 0 bridgehead atoms. The molecule has 78 valence electrons. The van der Waals surface area contributed by atoms with E-state index in [0.717, 1.165) is 18.7 Å². The van der Waals surface area contributed by atoms with E-state index in [1.54, 1.807) is 12.1 Å². The number of alkyl halides is 1. The van der Waals surface area contributed by atoms with E-state index in [2.05, 4.69) is 4.90 Å². The molecule has 0 heterocycles. The zero-order valence-corrected chi connectivity index (χ0v) is 10.2. The van der Waals surface area contributed by atoms with E-state index >= 15 is 0 Å². The van der Waals surface area contributed by atoms with E-state index in [4.69, 9.17) is 34.8 Å². The quantitative estimate of drug-likeness (QED) is 0.731. The standard InChI is InChI=1S/C10H12Cl3N/c1-14(6-2-5-11)10-7-8(12)3-4-9(10)13/h3-4,7H,2,5-6H2,1H3. The molecular weight excluding hydrogens is 240 g/mol. The first-order valence-electron chi connectivity index (χ1n) is 4.37.